The minimum Gasteiger partial charge on any atom is -0.497 e. The van der Waals surface area contributed by atoms with Gasteiger partial charge in [0.2, 0.25) is 0 Å². The molecule has 3 rings (SSSR count). The van der Waals surface area contributed by atoms with Gasteiger partial charge in [-0.15, -0.1) is 11.3 Å². The van der Waals surface area contributed by atoms with E-state index in [0.29, 0.717) is 6.54 Å². The third-order valence-corrected chi connectivity index (χ3v) is 4.83. The van der Waals surface area contributed by atoms with Crippen molar-refractivity contribution < 1.29 is 13.9 Å². The average Bonchev–Trinajstić information content (AvgIpc) is 3.20. The van der Waals surface area contributed by atoms with Crippen molar-refractivity contribution in [2.75, 3.05) is 7.11 Å². The molecule has 134 valence electrons. The number of carbonyl (C=O) groups is 1. The van der Waals surface area contributed by atoms with E-state index in [9.17, 15) is 9.18 Å². The quantitative estimate of drug-likeness (QED) is 0.672. The summed E-state index contributed by atoms with van der Waals surface area (Å²) in [5.41, 5.74) is 1.76. The van der Waals surface area contributed by atoms with E-state index in [1.54, 1.807) is 19.2 Å². The highest BCUT2D eigenvalue weighted by Crippen LogP contribution is 2.26. The van der Waals surface area contributed by atoms with Crippen LogP contribution >= 0.6 is 11.3 Å². The molecule has 3 aromatic rings. The highest BCUT2D eigenvalue weighted by Gasteiger charge is 2.17. The first-order chi connectivity index (χ1) is 12.7. The Balaban J connectivity index is 1.68. The standard InChI is InChI=1S/C20H19FN2O2S/c1-25-17-5-2-4-14(12-17)13-22-20(24)23-19(18-6-3-11-26-18)15-7-9-16(21)10-8-15/h2-12,19H,13H2,1H3,(H2,22,23,24). The molecule has 1 heterocycles. The topological polar surface area (TPSA) is 50.4 Å². The molecular weight excluding hydrogens is 351 g/mol. The summed E-state index contributed by atoms with van der Waals surface area (Å²) in [6.07, 6.45) is 0. The first-order valence-corrected chi connectivity index (χ1v) is 9.00. The Hall–Kier alpha value is -2.86. The summed E-state index contributed by atoms with van der Waals surface area (Å²) in [4.78, 5) is 13.4. The number of amides is 2. The lowest BCUT2D eigenvalue weighted by atomic mass is 10.1. The SMILES string of the molecule is COc1cccc(CNC(=O)NC(c2ccc(F)cc2)c2cccs2)c1. The van der Waals surface area contributed by atoms with Crippen molar-refractivity contribution in [1.82, 2.24) is 10.6 Å². The lowest BCUT2D eigenvalue weighted by molar-refractivity contribution is 0.238. The molecular formula is C20H19FN2O2S. The third-order valence-electron chi connectivity index (χ3n) is 3.89. The second-order valence-corrected chi connectivity index (χ2v) is 6.66. The predicted octanol–water partition coefficient (Wildman–Crippen LogP) is 4.48. The molecule has 0 spiro atoms. The first kappa shape index (κ1) is 17.9. The summed E-state index contributed by atoms with van der Waals surface area (Å²) >= 11 is 1.54. The summed E-state index contributed by atoms with van der Waals surface area (Å²) in [7, 11) is 1.60. The van der Waals surface area contributed by atoms with Crippen LogP contribution in [0.2, 0.25) is 0 Å². The van der Waals surface area contributed by atoms with Crippen LogP contribution in [-0.4, -0.2) is 13.1 Å². The monoisotopic (exact) mass is 370 g/mol. The van der Waals surface area contributed by atoms with Crippen molar-refractivity contribution >= 4 is 17.4 Å². The number of benzene rings is 2. The highest BCUT2D eigenvalue weighted by molar-refractivity contribution is 7.10. The van der Waals surface area contributed by atoms with E-state index in [1.165, 1.54) is 23.5 Å². The third kappa shape index (κ3) is 4.61. The molecule has 0 radical (unpaired) electrons. The van der Waals surface area contributed by atoms with Gasteiger partial charge in [0.05, 0.1) is 13.2 Å². The van der Waals surface area contributed by atoms with Gasteiger partial charge < -0.3 is 15.4 Å². The Kier molecular flexibility index (Phi) is 5.86. The van der Waals surface area contributed by atoms with Crippen LogP contribution in [0.5, 0.6) is 5.75 Å². The fraction of sp³-hybridized carbons (Fsp3) is 0.150. The number of rotatable bonds is 6. The molecule has 26 heavy (non-hydrogen) atoms. The van der Waals surface area contributed by atoms with E-state index < -0.39 is 0 Å². The Bertz CT molecular complexity index is 851. The predicted molar refractivity (Wildman–Crippen MR) is 101 cm³/mol. The number of ether oxygens (including phenoxy) is 1. The van der Waals surface area contributed by atoms with Gasteiger partial charge in [0, 0.05) is 11.4 Å². The van der Waals surface area contributed by atoms with Crippen LogP contribution in [0.4, 0.5) is 9.18 Å². The minimum absolute atomic E-state index is 0.296. The van der Waals surface area contributed by atoms with Crippen molar-refractivity contribution in [1.29, 1.82) is 0 Å². The van der Waals surface area contributed by atoms with Crippen molar-refractivity contribution in [2.45, 2.75) is 12.6 Å². The van der Waals surface area contributed by atoms with E-state index in [0.717, 1.165) is 21.8 Å². The normalized spacial score (nSPS) is 11.6. The van der Waals surface area contributed by atoms with Gasteiger partial charge in [-0.05, 0) is 46.8 Å². The Morgan fingerprint density at radius 3 is 2.65 bits per heavy atom. The van der Waals surface area contributed by atoms with E-state index in [-0.39, 0.29) is 17.9 Å². The number of methoxy groups -OCH3 is 1. The molecule has 0 aliphatic heterocycles. The zero-order valence-electron chi connectivity index (χ0n) is 14.2. The summed E-state index contributed by atoms with van der Waals surface area (Å²) in [6, 6.07) is 16.9. The number of carbonyl (C=O) groups excluding carboxylic acids is 1. The minimum atomic E-state index is -0.332. The lowest BCUT2D eigenvalue weighted by Gasteiger charge is -2.18. The largest absolute Gasteiger partial charge is 0.497 e. The second-order valence-electron chi connectivity index (χ2n) is 5.68. The molecule has 0 aliphatic carbocycles. The van der Waals surface area contributed by atoms with Crippen LogP contribution in [-0.2, 0) is 6.54 Å². The van der Waals surface area contributed by atoms with E-state index in [2.05, 4.69) is 10.6 Å². The highest BCUT2D eigenvalue weighted by atomic mass is 32.1. The number of halogens is 1. The maximum atomic E-state index is 13.2. The maximum absolute atomic E-state index is 13.2. The van der Waals surface area contributed by atoms with Crippen molar-refractivity contribution in [3.8, 4) is 5.75 Å². The van der Waals surface area contributed by atoms with Crippen LogP contribution in [0.25, 0.3) is 0 Å². The van der Waals surface area contributed by atoms with E-state index in [4.69, 9.17) is 4.74 Å². The molecule has 2 N–H and O–H groups in total. The molecule has 0 saturated carbocycles. The van der Waals surface area contributed by atoms with Crippen molar-refractivity contribution in [3.63, 3.8) is 0 Å². The zero-order chi connectivity index (χ0) is 18.4. The number of hydrogen-bond donors (Lipinski definition) is 2. The van der Waals surface area contributed by atoms with Crippen molar-refractivity contribution in [3.05, 3.63) is 87.9 Å². The number of thiophene rings is 1. The molecule has 2 amide bonds. The Morgan fingerprint density at radius 1 is 1.15 bits per heavy atom. The van der Waals surface area contributed by atoms with Crippen LogP contribution < -0.4 is 15.4 Å². The summed E-state index contributed by atoms with van der Waals surface area (Å²) in [6.45, 7) is 0.379. The van der Waals surface area contributed by atoms with Crippen LogP contribution in [0.1, 0.15) is 22.0 Å². The number of hydrogen-bond acceptors (Lipinski definition) is 3. The molecule has 0 fully saturated rings. The zero-order valence-corrected chi connectivity index (χ0v) is 15.1. The molecule has 1 aromatic heterocycles. The van der Waals surface area contributed by atoms with Gasteiger partial charge >= 0.3 is 6.03 Å². The Morgan fingerprint density at radius 2 is 1.96 bits per heavy atom. The van der Waals surface area contributed by atoms with Gasteiger partial charge in [-0.3, -0.25) is 0 Å². The number of nitrogens with one attached hydrogen (secondary N) is 2. The number of urea groups is 1. The van der Waals surface area contributed by atoms with Gasteiger partial charge in [-0.2, -0.15) is 0 Å². The van der Waals surface area contributed by atoms with Crippen molar-refractivity contribution in [2.24, 2.45) is 0 Å². The summed E-state index contributed by atoms with van der Waals surface area (Å²) < 4.78 is 18.4. The molecule has 1 unspecified atom stereocenters. The fourth-order valence-corrected chi connectivity index (χ4v) is 3.38. The van der Waals surface area contributed by atoms with Crippen LogP contribution in [0.3, 0.4) is 0 Å². The van der Waals surface area contributed by atoms with Gasteiger partial charge in [-0.1, -0.05) is 30.3 Å². The molecule has 0 saturated heterocycles. The van der Waals surface area contributed by atoms with Gasteiger partial charge in [0.25, 0.3) is 0 Å². The molecule has 1 atom stereocenters. The summed E-state index contributed by atoms with van der Waals surface area (Å²) in [5.74, 6) is 0.439. The molecule has 0 bridgehead atoms. The first-order valence-electron chi connectivity index (χ1n) is 8.12. The maximum Gasteiger partial charge on any atom is 0.315 e. The van der Waals surface area contributed by atoms with Crippen LogP contribution in [0, 0.1) is 5.82 Å². The molecule has 0 aliphatic rings. The van der Waals surface area contributed by atoms with Gasteiger partial charge in [0.15, 0.2) is 0 Å². The second kappa shape index (κ2) is 8.49. The van der Waals surface area contributed by atoms with Gasteiger partial charge in [0.1, 0.15) is 11.6 Å². The molecule has 4 nitrogen and oxygen atoms in total. The van der Waals surface area contributed by atoms with Crippen LogP contribution in [0.15, 0.2) is 66.0 Å². The lowest BCUT2D eigenvalue weighted by Crippen LogP contribution is -2.37. The fourth-order valence-electron chi connectivity index (χ4n) is 2.58. The molecule has 2 aromatic carbocycles. The average molecular weight is 370 g/mol. The van der Waals surface area contributed by atoms with E-state index >= 15 is 0 Å². The van der Waals surface area contributed by atoms with E-state index in [1.807, 2.05) is 41.8 Å². The summed E-state index contributed by atoms with van der Waals surface area (Å²) in [5, 5.41) is 7.76. The smallest absolute Gasteiger partial charge is 0.315 e. The molecule has 6 heteroatoms. The Labute approximate surface area is 155 Å². The van der Waals surface area contributed by atoms with Gasteiger partial charge in [-0.25, -0.2) is 9.18 Å².